The number of fused-ring (bicyclic) bond motifs is 1. The number of imide groups is 1. The van der Waals surface area contributed by atoms with Crippen molar-refractivity contribution < 1.29 is 33.4 Å². The molecule has 0 aromatic heterocycles. The van der Waals surface area contributed by atoms with Gasteiger partial charge in [-0.2, -0.15) is 0 Å². The molecule has 2 heterocycles. The van der Waals surface area contributed by atoms with E-state index in [2.05, 4.69) is 0 Å². The Morgan fingerprint density at radius 2 is 1.31 bits per heavy atom. The van der Waals surface area contributed by atoms with Crippen molar-refractivity contribution in [2.24, 2.45) is 5.92 Å². The van der Waals surface area contributed by atoms with Gasteiger partial charge in [0.05, 0.1) is 39.8 Å². The lowest BCUT2D eigenvalue weighted by atomic mass is 9.89. The number of benzene rings is 3. The Morgan fingerprint density at radius 3 is 1.97 bits per heavy atom. The molecule has 0 bridgehead atoms. The van der Waals surface area contributed by atoms with Crippen molar-refractivity contribution in [1.82, 2.24) is 0 Å². The number of amides is 2. The van der Waals surface area contributed by atoms with Crippen molar-refractivity contribution in [2.45, 2.75) is 12.1 Å². The highest BCUT2D eigenvalue weighted by Gasteiger charge is 2.61. The Hall–Kier alpha value is -4.24. The van der Waals surface area contributed by atoms with Gasteiger partial charge < -0.3 is 18.9 Å². The maximum atomic E-state index is 13.9. The Kier molecular flexibility index (Phi) is 6.15. The molecular weight excluding hydrogens is 464 g/mol. The monoisotopic (exact) mass is 490 g/mol. The summed E-state index contributed by atoms with van der Waals surface area (Å²) >= 11 is 0. The van der Waals surface area contributed by atoms with Crippen LogP contribution < -0.4 is 28.9 Å². The molecule has 0 N–H and O–H groups in total. The largest absolute Gasteiger partial charge is 0.496 e. The number of nitrogens with zero attached hydrogens (tertiary/aromatic N) is 2. The Balaban J connectivity index is 1.67. The highest BCUT2D eigenvalue weighted by Crippen LogP contribution is 2.51. The number of hydrogen-bond donors (Lipinski definition) is 0. The summed E-state index contributed by atoms with van der Waals surface area (Å²) in [5.41, 5.74) is 1.69. The number of methoxy groups -OCH3 is 4. The van der Waals surface area contributed by atoms with Crippen molar-refractivity contribution in [1.29, 1.82) is 0 Å². The zero-order valence-electron chi connectivity index (χ0n) is 20.3. The number of hydroxylamine groups is 1. The molecule has 0 unspecified atom stereocenters. The minimum Gasteiger partial charge on any atom is -0.496 e. The second kappa shape index (κ2) is 9.43. The predicted molar refractivity (Wildman–Crippen MR) is 132 cm³/mol. The van der Waals surface area contributed by atoms with Crippen molar-refractivity contribution in [3.8, 4) is 23.0 Å². The third kappa shape index (κ3) is 3.59. The van der Waals surface area contributed by atoms with Crippen LogP contribution in [-0.2, 0) is 14.4 Å². The summed E-state index contributed by atoms with van der Waals surface area (Å²) in [5, 5.41) is 1.61. The van der Waals surface area contributed by atoms with Gasteiger partial charge in [-0.25, -0.2) is 9.96 Å². The first kappa shape index (κ1) is 23.5. The van der Waals surface area contributed by atoms with E-state index in [0.717, 1.165) is 4.90 Å². The van der Waals surface area contributed by atoms with Gasteiger partial charge in [-0.1, -0.05) is 30.3 Å². The van der Waals surface area contributed by atoms with Crippen LogP contribution in [0.5, 0.6) is 23.0 Å². The summed E-state index contributed by atoms with van der Waals surface area (Å²) in [7, 11) is 6.10. The van der Waals surface area contributed by atoms with Crippen LogP contribution in [0.3, 0.4) is 0 Å². The lowest BCUT2D eigenvalue weighted by molar-refractivity contribution is -0.126. The maximum absolute atomic E-state index is 13.9. The third-order valence-electron chi connectivity index (χ3n) is 6.51. The Morgan fingerprint density at radius 1 is 0.694 bits per heavy atom. The Bertz CT molecular complexity index is 1300. The van der Waals surface area contributed by atoms with Crippen LogP contribution in [0.1, 0.15) is 11.6 Å². The van der Waals surface area contributed by atoms with E-state index < -0.39 is 29.9 Å². The van der Waals surface area contributed by atoms with Crippen molar-refractivity contribution in [3.05, 3.63) is 72.3 Å². The molecule has 3 aromatic carbocycles. The molecule has 2 fully saturated rings. The second-order valence-corrected chi connectivity index (χ2v) is 8.29. The molecule has 9 heteroatoms. The van der Waals surface area contributed by atoms with Gasteiger partial charge >= 0.3 is 0 Å². The molecular formula is C27H26N2O7. The van der Waals surface area contributed by atoms with Gasteiger partial charge in [0.15, 0.2) is 17.6 Å². The number of ether oxygens (including phenoxy) is 4. The van der Waals surface area contributed by atoms with E-state index in [9.17, 15) is 9.59 Å². The van der Waals surface area contributed by atoms with E-state index in [1.807, 2.05) is 30.3 Å². The zero-order chi connectivity index (χ0) is 25.4. The fourth-order valence-corrected chi connectivity index (χ4v) is 4.87. The average molecular weight is 491 g/mol. The third-order valence-corrected chi connectivity index (χ3v) is 6.51. The van der Waals surface area contributed by atoms with Gasteiger partial charge in [0.25, 0.3) is 5.91 Å². The standard InChI is InChI=1S/C27H26N2O7/c1-32-19-13-9-8-12-18(19)28-26(30)23-24(17-14-21(34-3)22(35-4)15-20(17)33-2)29(36-25(23)27(28)31)16-10-6-5-7-11-16/h5-15,23-25H,1-4H3/t23-,24-,25-/m1/s1. The lowest BCUT2D eigenvalue weighted by Crippen LogP contribution is -2.37. The molecule has 2 saturated heterocycles. The van der Waals surface area contributed by atoms with Crippen LogP contribution in [-0.4, -0.2) is 46.4 Å². The highest BCUT2D eigenvalue weighted by molar-refractivity contribution is 6.24. The SMILES string of the molecule is COc1cc(OC)c([C@@H]2[C@H]3C(=O)N(c4ccccc4OC)C(=O)[C@@H]3ON2c2ccccc2)cc1OC. The molecule has 0 aliphatic carbocycles. The number of hydrogen-bond acceptors (Lipinski definition) is 8. The smallest absolute Gasteiger partial charge is 0.266 e. The second-order valence-electron chi connectivity index (χ2n) is 8.29. The minimum absolute atomic E-state index is 0.372. The molecule has 3 atom stereocenters. The molecule has 9 nitrogen and oxygen atoms in total. The first-order valence-corrected chi connectivity index (χ1v) is 11.4. The normalized spacial score (nSPS) is 20.9. The molecule has 0 saturated carbocycles. The molecule has 2 amide bonds. The minimum atomic E-state index is -1.04. The summed E-state index contributed by atoms with van der Waals surface area (Å²) in [6, 6.07) is 19.0. The van der Waals surface area contributed by atoms with Gasteiger partial charge in [-0.3, -0.25) is 14.4 Å². The molecule has 3 aromatic rings. The van der Waals surface area contributed by atoms with Crippen LogP contribution in [0.25, 0.3) is 0 Å². The molecule has 2 aliphatic heterocycles. The van der Waals surface area contributed by atoms with E-state index in [4.69, 9.17) is 23.8 Å². The van der Waals surface area contributed by atoms with Gasteiger partial charge in [0.1, 0.15) is 23.5 Å². The topological polar surface area (TPSA) is 86.8 Å². The molecule has 2 aliphatic rings. The first-order valence-electron chi connectivity index (χ1n) is 11.4. The molecule has 0 radical (unpaired) electrons. The fraction of sp³-hybridized carbons (Fsp3) is 0.259. The molecule has 186 valence electrons. The van der Waals surface area contributed by atoms with Crippen molar-refractivity contribution in [2.75, 3.05) is 38.4 Å². The van der Waals surface area contributed by atoms with Crippen LogP contribution >= 0.6 is 0 Å². The van der Waals surface area contributed by atoms with E-state index in [1.54, 1.807) is 41.5 Å². The number of anilines is 2. The number of carbonyl (C=O) groups is 2. The van der Waals surface area contributed by atoms with Gasteiger partial charge in [-0.05, 0) is 30.3 Å². The number of rotatable bonds is 7. The highest BCUT2D eigenvalue weighted by atomic mass is 16.7. The predicted octanol–water partition coefficient (Wildman–Crippen LogP) is 3.77. The van der Waals surface area contributed by atoms with Crippen LogP contribution in [0, 0.1) is 5.92 Å². The maximum Gasteiger partial charge on any atom is 0.266 e. The van der Waals surface area contributed by atoms with Crippen LogP contribution in [0.2, 0.25) is 0 Å². The number of para-hydroxylation sites is 3. The Labute approximate surface area is 208 Å². The van der Waals surface area contributed by atoms with Crippen LogP contribution in [0.4, 0.5) is 11.4 Å². The average Bonchev–Trinajstić information content (AvgIpc) is 3.43. The molecule has 5 rings (SSSR count). The van der Waals surface area contributed by atoms with E-state index in [1.165, 1.54) is 28.4 Å². The lowest BCUT2D eigenvalue weighted by Gasteiger charge is -2.30. The number of carbonyl (C=O) groups excluding carboxylic acids is 2. The van der Waals surface area contributed by atoms with E-state index in [-0.39, 0.29) is 0 Å². The molecule has 0 spiro atoms. The van der Waals surface area contributed by atoms with Crippen molar-refractivity contribution in [3.63, 3.8) is 0 Å². The summed E-state index contributed by atoms with van der Waals surface area (Å²) in [5.74, 6) is 0.118. The summed E-state index contributed by atoms with van der Waals surface area (Å²) in [4.78, 5) is 34.9. The van der Waals surface area contributed by atoms with E-state index >= 15 is 0 Å². The van der Waals surface area contributed by atoms with Gasteiger partial charge in [0.2, 0.25) is 5.91 Å². The zero-order valence-corrected chi connectivity index (χ0v) is 20.3. The summed E-state index contributed by atoms with van der Waals surface area (Å²) in [6.45, 7) is 0. The van der Waals surface area contributed by atoms with Gasteiger partial charge in [0, 0.05) is 11.6 Å². The quantitative estimate of drug-likeness (QED) is 0.463. The first-order chi connectivity index (χ1) is 17.5. The fourth-order valence-electron chi connectivity index (χ4n) is 4.87. The summed E-state index contributed by atoms with van der Waals surface area (Å²) in [6.07, 6.45) is -1.04. The van der Waals surface area contributed by atoms with Gasteiger partial charge in [-0.15, -0.1) is 0 Å². The van der Waals surface area contributed by atoms with Crippen molar-refractivity contribution >= 4 is 23.2 Å². The van der Waals surface area contributed by atoms with Crippen LogP contribution in [0.15, 0.2) is 66.7 Å². The summed E-state index contributed by atoms with van der Waals surface area (Å²) < 4.78 is 22.1. The molecule has 36 heavy (non-hydrogen) atoms. The van der Waals surface area contributed by atoms with E-state index in [0.29, 0.717) is 39.9 Å².